The minimum absolute atomic E-state index is 0.117. The number of carbonyl (C=O) groups excluding carboxylic acids is 1. The van der Waals surface area contributed by atoms with Crippen LogP contribution >= 0.6 is 0 Å². The lowest BCUT2D eigenvalue weighted by Crippen LogP contribution is -2.36. The zero-order valence-corrected chi connectivity index (χ0v) is 20.2. The number of benzene rings is 1. The predicted octanol–water partition coefficient (Wildman–Crippen LogP) is 5.89. The zero-order chi connectivity index (χ0) is 25.6. The third kappa shape index (κ3) is 6.57. The average Bonchev–Trinajstić information content (AvgIpc) is 2.86. The molecule has 0 spiro atoms. The molecule has 1 aromatic carbocycles. The van der Waals surface area contributed by atoms with E-state index in [0.717, 1.165) is 53.6 Å². The van der Waals surface area contributed by atoms with E-state index in [4.69, 9.17) is 4.74 Å². The molecule has 3 aromatic rings. The van der Waals surface area contributed by atoms with Crippen LogP contribution in [0.5, 0.6) is 0 Å². The number of nitrogens with zero attached hydrogens (tertiary/aromatic N) is 3. The van der Waals surface area contributed by atoms with E-state index < -0.39 is 17.8 Å². The molecule has 0 saturated carbocycles. The molecule has 1 saturated heterocycles. The first kappa shape index (κ1) is 26.2. The van der Waals surface area contributed by atoms with Crippen molar-refractivity contribution in [2.75, 3.05) is 36.5 Å². The fourth-order valence-electron chi connectivity index (χ4n) is 3.70. The Morgan fingerprint density at radius 1 is 1.03 bits per heavy atom. The van der Waals surface area contributed by atoms with Crippen LogP contribution in [0.4, 0.5) is 24.7 Å². The topological polar surface area (TPSA) is 67.4 Å². The van der Waals surface area contributed by atoms with Crippen LogP contribution in [-0.4, -0.2) is 42.2 Å². The first-order chi connectivity index (χ1) is 16.7. The number of pyridine rings is 2. The van der Waals surface area contributed by atoms with Gasteiger partial charge < -0.3 is 15.0 Å². The molecule has 0 unspecified atom stereocenters. The van der Waals surface area contributed by atoms with Gasteiger partial charge >= 0.3 is 6.18 Å². The fraction of sp³-hybridized carbons (Fsp3) is 0.346. The fourth-order valence-corrected chi connectivity index (χ4v) is 3.70. The van der Waals surface area contributed by atoms with E-state index in [2.05, 4.69) is 20.2 Å². The van der Waals surface area contributed by atoms with Gasteiger partial charge in [-0.1, -0.05) is 19.9 Å². The number of ether oxygens (including phenoxy) is 1. The highest BCUT2D eigenvalue weighted by Gasteiger charge is 2.33. The molecule has 1 aliphatic rings. The Labute approximate surface area is 203 Å². The van der Waals surface area contributed by atoms with Crippen molar-refractivity contribution in [2.45, 2.75) is 33.9 Å². The van der Waals surface area contributed by atoms with Crippen LogP contribution in [-0.2, 0) is 10.9 Å². The maximum absolute atomic E-state index is 12.9. The molecule has 0 aliphatic carbocycles. The van der Waals surface area contributed by atoms with Gasteiger partial charge in [0.2, 0.25) is 0 Å². The summed E-state index contributed by atoms with van der Waals surface area (Å²) in [4.78, 5) is 22.7. The van der Waals surface area contributed by atoms with E-state index in [1.807, 2.05) is 52.0 Å². The highest BCUT2D eigenvalue weighted by atomic mass is 19.4. The van der Waals surface area contributed by atoms with Crippen LogP contribution in [0.25, 0.3) is 11.1 Å². The van der Waals surface area contributed by atoms with Crippen molar-refractivity contribution < 1.29 is 22.7 Å². The van der Waals surface area contributed by atoms with Crippen molar-refractivity contribution in [3.05, 3.63) is 71.2 Å². The molecular weight excluding hydrogens is 457 g/mol. The lowest BCUT2D eigenvalue weighted by atomic mass is 9.99. The lowest BCUT2D eigenvalue weighted by Gasteiger charge is -2.28. The van der Waals surface area contributed by atoms with Gasteiger partial charge in [0.1, 0.15) is 11.5 Å². The number of carbonyl (C=O) groups is 1. The van der Waals surface area contributed by atoms with Gasteiger partial charge in [0.05, 0.1) is 13.2 Å². The molecule has 0 atom stereocenters. The quantitative estimate of drug-likeness (QED) is 0.498. The highest BCUT2D eigenvalue weighted by molar-refractivity contribution is 6.04. The van der Waals surface area contributed by atoms with Crippen molar-refractivity contribution >= 4 is 17.4 Å². The monoisotopic (exact) mass is 486 g/mol. The summed E-state index contributed by atoms with van der Waals surface area (Å²) in [6, 6.07) is 11.4. The molecule has 9 heteroatoms. The molecule has 186 valence electrons. The van der Waals surface area contributed by atoms with Gasteiger partial charge in [-0.3, -0.25) is 9.78 Å². The number of aromatic nitrogens is 2. The number of aryl methyl sites for hydroxylation is 2. The second kappa shape index (κ2) is 11.3. The molecule has 6 nitrogen and oxygen atoms in total. The number of alkyl halides is 3. The summed E-state index contributed by atoms with van der Waals surface area (Å²) in [6.45, 7) is 10.7. The molecule has 0 bridgehead atoms. The number of rotatable bonds is 4. The number of nitrogens with one attached hydrogen (secondary N) is 1. The Balaban J connectivity index is 0.00000167. The Hall–Kier alpha value is -3.46. The number of amides is 1. The van der Waals surface area contributed by atoms with Crippen LogP contribution in [0.2, 0.25) is 0 Å². The van der Waals surface area contributed by atoms with Gasteiger partial charge in [-0.2, -0.15) is 13.2 Å². The first-order valence-corrected chi connectivity index (χ1v) is 11.5. The van der Waals surface area contributed by atoms with Crippen molar-refractivity contribution in [3.8, 4) is 11.1 Å². The van der Waals surface area contributed by atoms with Gasteiger partial charge in [0.25, 0.3) is 5.91 Å². The second-order valence-corrected chi connectivity index (χ2v) is 7.87. The maximum atomic E-state index is 12.9. The van der Waals surface area contributed by atoms with Gasteiger partial charge in [-0.15, -0.1) is 0 Å². The van der Waals surface area contributed by atoms with E-state index in [1.54, 1.807) is 6.07 Å². The zero-order valence-electron chi connectivity index (χ0n) is 20.2. The van der Waals surface area contributed by atoms with E-state index in [-0.39, 0.29) is 5.56 Å². The summed E-state index contributed by atoms with van der Waals surface area (Å²) in [5.74, 6) is 0.219. The number of hydrogen-bond donors (Lipinski definition) is 1. The molecule has 35 heavy (non-hydrogen) atoms. The molecule has 0 radical (unpaired) electrons. The van der Waals surface area contributed by atoms with Crippen LogP contribution < -0.4 is 10.2 Å². The third-order valence-electron chi connectivity index (χ3n) is 5.39. The van der Waals surface area contributed by atoms with Gasteiger partial charge in [-0.05, 0) is 66.9 Å². The van der Waals surface area contributed by atoms with Gasteiger partial charge in [0.15, 0.2) is 0 Å². The smallest absolute Gasteiger partial charge is 0.378 e. The van der Waals surface area contributed by atoms with Crippen molar-refractivity contribution in [1.29, 1.82) is 0 Å². The molecule has 1 aliphatic heterocycles. The van der Waals surface area contributed by atoms with Gasteiger partial charge in [-0.25, -0.2) is 4.98 Å². The minimum atomic E-state index is -4.62. The number of halogens is 3. The number of hydrogen-bond acceptors (Lipinski definition) is 5. The predicted molar refractivity (Wildman–Crippen MR) is 131 cm³/mol. The Bertz CT molecular complexity index is 1180. The summed E-state index contributed by atoms with van der Waals surface area (Å²) in [5, 5.41) is 2.69. The Kier molecular flexibility index (Phi) is 8.45. The molecule has 1 fully saturated rings. The van der Waals surface area contributed by atoms with E-state index in [1.165, 1.54) is 6.07 Å². The van der Waals surface area contributed by atoms with Crippen molar-refractivity contribution in [1.82, 2.24) is 9.97 Å². The standard InChI is InChI=1S/C24H23F3N4O2.C2H6/c1-15-3-4-19(30-23(32)17-5-6-28-21(12-17)24(25,26)27)14-20(15)18-11-16(2)29-22(13-18)31-7-9-33-10-8-31;1-2/h3-6,11-14H,7-10H2,1-2H3,(H,30,32);1-2H3. The van der Waals surface area contributed by atoms with Crippen LogP contribution in [0.3, 0.4) is 0 Å². The van der Waals surface area contributed by atoms with Crippen molar-refractivity contribution in [3.63, 3.8) is 0 Å². The molecule has 1 amide bonds. The summed E-state index contributed by atoms with van der Waals surface area (Å²) < 4.78 is 44.2. The summed E-state index contributed by atoms with van der Waals surface area (Å²) in [5.41, 5.74) is 2.96. The maximum Gasteiger partial charge on any atom is 0.433 e. The highest BCUT2D eigenvalue weighted by Crippen LogP contribution is 2.31. The summed E-state index contributed by atoms with van der Waals surface area (Å²) in [6.07, 6.45) is -3.64. The molecule has 4 rings (SSSR count). The van der Waals surface area contributed by atoms with E-state index in [0.29, 0.717) is 18.9 Å². The summed E-state index contributed by atoms with van der Waals surface area (Å²) >= 11 is 0. The summed E-state index contributed by atoms with van der Waals surface area (Å²) in [7, 11) is 0. The second-order valence-electron chi connectivity index (χ2n) is 7.87. The number of morpholine rings is 1. The van der Waals surface area contributed by atoms with Crippen LogP contribution in [0.1, 0.15) is 41.2 Å². The normalized spacial score (nSPS) is 13.6. The third-order valence-corrected chi connectivity index (χ3v) is 5.39. The van der Waals surface area contributed by atoms with Crippen molar-refractivity contribution in [2.24, 2.45) is 0 Å². The molecule has 3 heterocycles. The average molecular weight is 487 g/mol. The van der Waals surface area contributed by atoms with Crippen LogP contribution in [0.15, 0.2) is 48.7 Å². The SMILES string of the molecule is CC.Cc1cc(-c2cc(NC(=O)c3ccnc(C(F)(F)F)c3)ccc2C)cc(N2CCOCC2)n1. The van der Waals surface area contributed by atoms with Crippen LogP contribution in [0, 0.1) is 13.8 Å². The Morgan fingerprint density at radius 2 is 1.74 bits per heavy atom. The lowest BCUT2D eigenvalue weighted by molar-refractivity contribution is -0.141. The van der Waals surface area contributed by atoms with E-state index >= 15 is 0 Å². The van der Waals surface area contributed by atoms with Gasteiger partial charge in [0, 0.05) is 36.2 Å². The first-order valence-electron chi connectivity index (χ1n) is 11.5. The number of anilines is 2. The molecule has 2 aromatic heterocycles. The molecular formula is C26H29F3N4O2. The molecule has 1 N–H and O–H groups in total. The Morgan fingerprint density at radius 3 is 2.43 bits per heavy atom. The van der Waals surface area contributed by atoms with E-state index in [9.17, 15) is 18.0 Å². The minimum Gasteiger partial charge on any atom is -0.378 e. The largest absolute Gasteiger partial charge is 0.433 e.